The minimum atomic E-state index is -1.78. The van der Waals surface area contributed by atoms with E-state index >= 15 is 0 Å². The lowest BCUT2D eigenvalue weighted by molar-refractivity contribution is 0.368. The predicted molar refractivity (Wildman–Crippen MR) is 72.8 cm³/mol. The quantitative estimate of drug-likeness (QED) is 0.397. The molecule has 0 amide bonds. The summed E-state index contributed by atoms with van der Waals surface area (Å²) in [6.45, 7) is -0.104. The van der Waals surface area contributed by atoms with Crippen molar-refractivity contribution in [3.05, 3.63) is 53.4 Å². The minimum absolute atomic E-state index is 0.104. The Hall–Kier alpha value is -3.15. The van der Waals surface area contributed by atoms with E-state index in [-0.39, 0.29) is 6.61 Å². The molecule has 118 valence electrons. The molecular weight excluding hydrogens is 316 g/mol. The number of halogens is 4. The highest BCUT2D eigenvalue weighted by molar-refractivity contribution is 5.80. The first kappa shape index (κ1) is 16.2. The van der Waals surface area contributed by atoms with Gasteiger partial charge in [-0.05, 0) is 29.8 Å². The number of nitriles is 1. The summed E-state index contributed by atoms with van der Waals surface area (Å²) in [5, 5.41) is 11.9. The third-order valence-corrected chi connectivity index (χ3v) is 2.57. The van der Waals surface area contributed by atoms with Crippen molar-refractivity contribution in [2.75, 3.05) is 12.0 Å². The van der Waals surface area contributed by atoms with E-state index in [9.17, 15) is 17.6 Å². The van der Waals surface area contributed by atoms with Gasteiger partial charge in [0, 0.05) is 0 Å². The molecule has 0 saturated carbocycles. The summed E-state index contributed by atoms with van der Waals surface area (Å²) in [5.74, 6) is -6.46. The van der Waals surface area contributed by atoms with Gasteiger partial charge >= 0.3 is 0 Å². The molecule has 0 radical (unpaired) electrons. The molecule has 0 bridgehead atoms. The monoisotopic (exact) mass is 324 g/mol. The third kappa shape index (κ3) is 3.94. The summed E-state index contributed by atoms with van der Waals surface area (Å²) in [5.41, 5.74) is 1.31. The van der Waals surface area contributed by atoms with E-state index in [0.717, 1.165) is 0 Å². The fourth-order valence-corrected chi connectivity index (χ4v) is 1.52. The number of nitrogens with zero attached hydrogens (tertiary/aromatic N) is 3. The average molecular weight is 324 g/mol. The maximum Gasteiger partial charge on any atom is 0.254 e. The zero-order valence-electron chi connectivity index (χ0n) is 11.4. The minimum Gasteiger partial charge on any atom is -0.479 e. The summed E-state index contributed by atoms with van der Waals surface area (Å²) in [6.07, 6.45) is 1.17. The Morgan fingerprint density at radius 1 is 1.13 bits per heavy atom. The van der Waals surface area contributed by atoms with Crippen molar-refractivity contribution < 1.29 is 22.3 Å². The number of nitrogens with one attached hydrogen (secondary N) is 1. The molecule has 0 aliphatic carbocycles. The van der Waals surface area contributed by atoms with E-state index in [1.807, 2.05) is 5.43 Å². The highest BCUT2D eigenvalue weighted by atomic mass is 19.2. The van der Waals surface area contributed by atoms with Crippen LogP contribution in [0.15, 0.2) is 29.4 Å². The standard InChI is InChI=1S/C14H8F4N4O/c15-10-12(11(16)14(18)21-13(10)17)22-20-7-8-1-3-9(4-2-8)23-6-5-19/h1-4,7H,6H2,(H,21,22)/b20-7-. The van der Waals surface area contributed by atoms with E-state index < -0.39 is 29.2 Å². The Balaban J connectivity index is 2.09. The van der Waals surface area contributed by atoms with Crippen molar-refractivity contribution in [1.82, 2.24) is 4.98 Å². The molecule has 0 spiro atoms. The number of pyridine rings is 1. The van der Waals surface area contributed by atoms with E-state index in [1.54, 1.807) is 30.3 Å². The second kappa shape index (κ2) is 7.22. The number of hydrogen-bond acceptors (Lipinski definition) is 5. The second-order valence-corrected chi connectivity index (χ2v) is 4.08. The SMILES string of the molecule is N#CCOc1ccc(/C=N\Nc2c(F)c(F)nc(F)c2F)cc1. The van der Waals surface area contributed by atoms with Crippen molar-refractivity contribution in [3.8, 4) is 11.8 Å². The molecular formula is C14H8F4N4O. The molecule has 2 aromatic rings. The summed E-state index contributed by atoms with van der Waals surface area (Å²) in [4.78, 5) is 2.42. The van der Waals surface area contributed by atoms with E-state index in [4.69, 9.17) is 10.00 Å². The molecule has 0 aliphatic rings. The van der Waals surface area contributed by atoms with Crippen molar-refractivity contribution in [2.45, 2.75) is 0 Å². The van der Waals surface area contributed by atoms with Gasteiger partial charge in [0.2, 0.25) is 11.6 Å². The Morgan fingerprint density at radius 3 is 2.30 bits per heavy atom. The van der Waals surface area contributed by atoms with Gasteiger partial charge in [0.05, 0.1) is 6.21 Å². The van der Waals surface area contributed by atoms with Crippen LogP contribution in [0.4, 0.5) is 23.2 Å². The lowest BCUT2D eigenvalue weighted by Gasteiger charge is -2.05. The molecule has 0 saturated heterocycles. The van der Waals surface area contributed by atoms with Gasteiger partial charge in [-0.1, -0.05) is 0 Å². The molecule has 23 heavy (non-hydrogen) atoms. The Morgan fingerprint density at radius 2 is 1.74 bits per heavy atom. The predicted octanol–water partition coefficient (Wildman–Crippen LogP) is 2.99. The third-order valence-electron chi connectivity index (χ3n) is 2.57. The van der Waals surface area contributed by atoms with Crippen LogP contribution < -0.4 is 10.2 Å². The normalized spacial score (nSPS) is 10.6. The summed E-state index contributed by atoms with van der Waals surface area (Å²) in [7, 11) is 0. The van der Waals surface area contributed by atoms with Crippen molar-refractivity contribution in [3.63, 3.8) is 0 Å². The highest BCUT2D eigenvalue weighted by Gasteiger charge is 2.20. The number of hydrogen-bond donors (Lipinski definition) is 1. The van der Waals surface area contributed by atoms with Crippen molar-refractivity contribution in [2.24, 2.45) is 5.10 Å². The van der Waals surface area contributed by atoms with Crippen LogP contribution in [-0.4, -0.2) is 17.8 Å². The van der Waals surface area contributed by atoms with Gasteiger partial charge in [-0.2, -0.15) is 32.9 Å². The Bertz CT molecular complexity index is 746. The Kier molecular flexibility index (Phi) is 5.09. The van der Waals surface area contributed by atoms with Crippen LogP contribution in [0.25, 0.3) is 0 Å². The zero-order valence-corrected chi connectivity index (χ0v) is 11.4. The van der Waals surface area contributed by atoms with Crippen LogP contribution in [0.1, 0.15) is 5.56 Å². The van der Waals surface area contributed by atoms with E-state index in [1.165, 1.54) is 6.21 Å². The number of aromatic nitrogens is 1. The molecule has 9 heteroatoms. The fraction of sp³-hybridized carbons (Fsp3) is 0.0714. The van der Waals surface area contributed by atoms with Crippen LogP contribution in [0.5, 0.6) is 5.75 Å². The highest BCUT2D eigenvalue weighted by Crippen LogP contribution is 2.21. The second-order valence-electron chi connectivity index (χ2n) is 4.08. The van der Waals surface area contributed by atoms with Crippen LogP contribution in [0, 0.1) is 34.9 Å². The first-order chi connectivity index (χ1) is 11.0. The molecule has 0 aliphatic heterocycles. The van der Waals surface area contributed by atoms with Gasteiger partial charge in [0.15, 0.2) is 6.61 Å². The average Bonchev–Trinajstić information content (AvgIpc) is 2.55. The largest absolute Gasteiger partial charge is 0.479 e. The number of anilines is 1. The zero-order chi connectivity index (χ0) is 16.8. The van der Waals surface area contributed by atoms with Gasteiger partial charge in [0.1, 0.15) is 17.5 Å². The van der Waals surface area contributed by atoms with Crippen LogP contribution in [0.3, 0.4) is 0 Å². The molecule has 1 aromatic carbocycles. The number of rotatable bonds is 5. The molecule has 5 nitrogen and oxygen atoms in total. The van der Waals surface area contributed by atoms with Crippen LogP contribution in [-0.2, 0) is 0 Å². The van der Waals surface area contributed by atoms with Crippen LogP contribution >= 0.6 is 0 Å². The molecule has 1 N–H and O–H groups in total. The van der Waals surface area contributed by atoms with E-state index in [0.29, 0.717) is 11.3 Å². The van der Waals surface area contributed by atoms with Crippen molar-refractivity contribution >= 4 is 11.9 Å². The van der Waals surface area contributed by atoms with Gasteiger partial charge in [0.25, 0.3) is 11.9 Å². The number of hydrazone groups is 1. The molecule has 0 fully saturated rings. The summed E-state index contributed by atoms with van der Waals surface area (Å²) in [6, 6.07) is 8.01. The van der Waals surface area contributed by atoms with Gasteiger partial charge < -0.3 is 4.74 Å². The smallest absolute Gasteiger partial charge is 0.254 e. The molecule has 1 heterocycles. The maximum atomic E-state index is 13.3. The van der Waals surface area contributed by atoms with Crippen LogP contribution in [0.2, 0.25) is 0 Å². The van der Waals surface area contributed by atoms with Gasteiger partial charge in [-0.3, -0.25) is 5.43 Å². The first-order valence-corrected chi connectivity index (χ1v) is 6.11. The Labute approximate surface area is 127 Å². The summed E-state index contributed by atoms with van der Waals surface area (Å²) >= 11 is 0. The molecule has 1 aromatic heterocycles. The summed E-state index contributed by atoms with van der Waals surface area (Å²) < 4.78 is 57.5. The number of ether oxygens (including phenoxy) is 1. The lowest BCUT2D eigenvalue weighted by Crippen LogP contribution is -2.05. The first-order valence-electron chi connectivity index (χ1n) is 6.11. The van der Waals surface area contributed by atoms with Crippen molar-refractivity contribution in [1.29, 1.82) is 5.26 Å². The molecule has 2 rings (SSSR count). The molecule has 0 atom stereocenters. The lowest BCUT2D eigenvalue weighted by atomic mass is 10.2. The van der Waals surface area contributed by atoms with E-state index in [2.05, 4.69) is 10.1 Å². The van der Waals surface area contributed by atoms with Gasteiger partial charge in [-0.15, -0.1) is 0 Å². The topological polar surface area (TPSA) is 70.3 Å². The fourth-order valence-electron chi connectivity index (χ4n) is 1.52. The van der Waals surface area contributed by atoms with Gasteiger partial charge in [-0.25, -0.2) is 0 Å². The maximum absolute atomic E-state index is 13.3. The molecule has 0 unspecified atom stereocenters. The number of benzene rings is 1.